The number of piperidine rings is 1. The number of nitrogens with zero attached hydrogens (tertiary/aromatic N) is 1. The molecule has 3 rings (SSSR count). The van der Waals surface area contributed by atoms with Gasteiger partial charge in [0, 0.05) is 30.6 Å². The fraction of sp³-hybridized carbons (Fsp3) is 0.471. The molecule has 1 N–H and O–H groups in total. The summed E-state index contributed by atoms with van der Waals surface area (Å²) in [6.45, 7) is 6.27. The summed E-state index contributed by atoms with van der Waals surface area (Å²) in [5.74, 6) is 0.0771. The van der Waals surface area contributed by atoms with Crippen LogP contribution in [0, 0.1) is 6.92 Å². The smallest absolute Gasteiger partial charge is 0.270 e. The maximum absolute atomic E-state index is 12.6. The monoisotopic (exact) mass is 286 g/mol. The lowest BCUT2D eigenvalue weighted by Gasteiger charge is -2.32. The van der Waals surface area contributed by atoms with Crippen LogP contribution in [0.2, 0.25) is 0 Å². The fourth-order valence-electron chi connectivity index (χ4n) is 3.02. The third-order valence-electron chi connectivity index (χ3n) is 4.08. The molecule has 1 atom stereocenters. The summed E-state index contributed by atoms with van der Waals surface area (Å²) in [6.07, 6.45) is 2.23. The van der Waals surface area contributed by atoms with Crippen molar-refractivity contribution in [1.82, 2.24) is 9.88 Å². The zero-order valence-corrected chi connectivity index (χ0v) is 12.7. The minimum atomic E-state index is 0.0771. The van der Waals surface area contributed by atoms with Crippen LogP contribution in [-0.2, 0) is 4.74 Å². The number of amides is 1. The highest BCUT2D eigenvalue weighted by Gasteiger charge is 2.25. The third-order valence-corrected chi connectivity index (χ3v) is 4.08. The van der Waals surface area contributed by atoms with Crippen LogP contribution in [0.3, 0.4) is 0 Å². The Morgan fingerprint density at radius 2 is 2.29 bits per heavy atom. The molecule has 1 aromatic heterocycles. The number of benzene rings is 1. The Bertz CT molecular complexity index is 645. The van der Waals surface area contributed by atoms with Crippen LogP contribution < -0.4 is 0 Å². The van der Waals surface area contributed by atoms with E-state index in [1.165, 1.54) is 5.56 Å². The van der Waals surface area contributed by atoms with E-state index in [4.69, 9.17) is 4.74 Å². The zero-order valence-electron chi connectivity index (χ0n) is 12.7. The summed E-state index contributed by atoms with van der Waals surface area (Å²) < 4.78 is 5.67. The van der Waals surface area contributed by atoms with Crippen LogP contribution in [0.5, 0.6) is 0 Å². The number of nitrogens with one attached hydrogen (secondary N) is 1. The van der Waals surface area contributed by atoms with Gasteiger partial charge in [0.2, 0.25) is 0 Å². The van der Waals surface area contributed by atoms with Crippen molar-refractivity contribution in [2.24, 2.45) is 0 Å². The summed E-state index contributed by atoms with van der Waals surface area (Å²) in [5, 5.41) is 1.09. The number of carbonyl (C=O) groups is 1. The van der Waals surface area contributed by atoms with Gasteiger partial charge in [-0.2, -0.15) is 0 Å². The van der Waals surface area contributed by atoms with Gasteiger partial charge in [0.25, 0.3) is 5.91 Å². The Kier molecular flexibility index (Phi) is 3.97. The van der Waals surface area contributed by atoms with E-state index in [-0.39, 0.29) is 12.0 Å². The molecule has 0 spiro atoms. The number of hydrogen-bond acceptors (Lipinski definition) is 2. The minimum absolute atomic E-state index is 0.0771. The van der Waals surface area contributed by atoms with Crippen molar-refractivity contribution in [3.05, 3.63) is 35.5 Å². The highest BCUT2D eigenvalue weighted by atomic mass is 16.5. The Hall–Kier alpha value is -1.81. The van der Waals surface area contributed by atoms with Gasteiger partial charge in [-0.25, -0.2) is 0 Å². The Morgan fingerprint density at radius 1 is 1.43 bits per heavy atom. The van der Waals surface area contributed by atoms with E-state index in [0.717, 1.165) is 30.3 Å². The summed E-state index contributed by atoms with van der Waals surface area (Å²) in [6, 6.07) is 8.14. The molecular formula is C17H22N2O2. The highest BCUT2D eigenvalue weighted by Crippen LogP contribution is 2.20. The SMILES string of the molecule is CCO[C@@H]1CCCN(C(=O)c2cc3ccc(C)cc3[nH]2)C1. The molecule has 112 valence electrons. The molecule has 2 heterocycles. The van der Waals surface area contributed by atoms with Crippen LogP contribution in [0.1, 0.15) is 35.8 Å². The molecule has 0 saturated carbocycles. The number of hydrogen-bond donors (Lipinski definition) is 1. The van der Waals surface area contributed by atoms with Crippen LogP contribution in [0.15, 0.2) is 24.3 Å². The average Bonchev–Trinajstić information content (AvgIpc) is 2.90. The summed E-state index contributed by atoms with van der Waals surface area (Å²) in [5.41, 5.74) is 2.89. The van der Waals surface area contributed by atoms with Crippen molar-refractivity contribution in [3.8, 4) is 0 Å². The first-order valence-corrected chi connectivity index (χ1v) is 7.67. The number of likely N-dealkylation sites (tertiary alicyclic amines) is 1. The molecule has 0 radical (unpaired) electrons. The molecule has 2 aromatic rings. The second-order valence-electron chi connectivity index (χ2n) is 5.74. The number of ether oxygens (including phenoxy) is 1. The molecule has 1 aliphatic heterocycles. The summed E-state index contributed by atoms with van der Waals surface area (Å²) in [4.78, 5) is 17.8. The quantitative estimate of drug-likeness (QED) is 0.942. The molecule has 1 aromatic carbocycles. The van der Waals surface area contributed by atoms with E-state index in [1.54, 1.807) is 0 Å². The zero-order chi connectivity index (χ0) is 14.8. The molecular weight excluding hydrogens is 264 g/mol. The van der Waals surface area contributed by atoms with Crippen molar-refractivity contribution in [3.63, 3.8) is 0 Å². The van der Waals surface area contributed by atoms with Gasteiger partial charge >= 0.3 is 0 Å². The first kappa shape index (κ1) is 14.1. The largest absolute Gasteiger partial charge is 0.377 e. The molecule has 0 aliphatic carbocycles. The maximum atomic E-state index is 12.6. The highest BCUT2D eigenvalue weighted by molar-refractivity contribution is 5.98. The first-order chi connectivity index (χ1) is 10.2. The molecule has 0 unspecified atom stereocenters. The maximum Gasteiger partial charge on any atom is 0.270 e. The lowest BCUT2D eigenvalue weighted by molar-refractivity contribution is 0.00707. The summed E-state index contributed by atoms with van der Waals surface area (Å²) in [7, 11) is 0. The number of fused-ring (bicyclic) bond motifs is 1. The topological polar surface area (TPSA) is 45.3 Å². The normalized spacial score (nSPS) is 19.1. The first-order valence-electron chi connectivity index (χ1n) is 7.67. The van der Waals surface area contributed by atoms with Gasteiger partial charge in [-0.05, 0) is 44.4 Å². The van der Waals surface area contributed by atoms with E-state index in [2.05, 4.69) is 30.1 Å². The van der Waals surface area contributed by atoms with Gasteiger partial charge in [-0.3, -0.25) is 4.79 Å². The van der Waals surface area contributed by atoms with Gasteiger partial charge in [-0.15, -0.1) is 0 Å². The Balaban J connectivity index is 1.79. The number of carbonyl (C=O) groups excluding carboxylic acids is 1. The molecule has 1 saturated heterocycles. The fourth-order valence-corrected chi connectivity index (χ4v) is 3.02. The Labute approximate surface area is 125 Å². The van der Waals surface area contributed by atoms with Crippen LogP contribution in [-0.4, -0.2) is 41.6 Å². The third kappa shape index (κ3) is 2.95. The lowest BCUT2D eigenvalue weighted by Crippen LogP contribution is -2.43. The van der Waals surface area contributed by atoms with E-state index >= 15 is 0 Å². The molecule has 4 nitrogen and oxygen atoms in total. The lowest BCUT2D eigenvalue weighted by atomic mass is 10.1. The molecule has 1 aliphatic rings. The van der Waals surface area contributed by atoms with Crippen molar-refractivity contribution >= 4 is 16.8 Å². The van der Waals surface area contributed by atoms with E-state index in [9.17, 15) is 4.79 Å². The molecule has 21 heavy (non-hydrogen) atoms. The number of H-pyrrole nitrogens is 1. The second-order valence-corrected chi connectivity index (χ2v) is 5.74. The van der Waals surface area contributed by atoms with Crippen molar-refractivity contribution < 1.29 is 9.53 Å². The predicted octanol–water partition coefficient (Wildman–Crippen LogP) is 3.12. The van der Waals surface area contributed by atoms with Gasteiger partial charge in [0.1, 0.15) is 5.69 Å². The van der Waals surface area contributed by atoms with E-state index < -0.39 is 0 Å². The van der Waals surface area contributed by atoms with Crippen LogP contribution in [0.25, 0.3) is 10.9 Å². The molecule has 1 amide bonds. The second kappa shape index (κ2) is 5.90. The van der Waals surface area contributed by atoms with Gasteiger partial charge < -0.3 is 14.6 Å². The van der Waals surface area contributed by atoms with Gasteiger partial charge in [0.05, 0.1) is 6.10 Å². The van der Waals surface area contributed by atoms with Crippen LogP contribution >= 0.6 is 0 Å². The standard InChI is InChI=1S/C17H22N2O2/c1-3-21-14-5-4-8-19(11-14)17(20)16-10-13-7-6-12(2)9-15(13)18-16/h6-7,9-10,14,18H,3-5,8,11H2,1-2H3/t14-/m1/s1. The average molecular weight is 286 g/mol. The van der Waals surface area contributed by atoms with Crippen molar-refractivity contribution in [2.75, 3.05) is 19.7 Å². The molecule has 0 bridgehead atoms. The number of aryl methyl sites for hydroxylation is 1. The van der Waals surface area contributed by atoms with E-state index in [1.807, 2.05) is 17.9 Å². The Morgan fingerprint density at radius 3 is 3.10 bits per heavy atom. The van der Waals surface area contributed by atoms with Crippen molar-refractivity contribution in [1.29, 1.82) is 0 Å². The number of aromatic nitrogens is 1. The molecule has 1 fully saturated rings. The number of aromatic amines is 1. The van der Waals surface area contributed by atoms with Gasteiger partial charge in [0.15, 0.2) is 0 Å². The van der Waals surface area contributed by atoms with E-state index in [0.29, 0.717) is 18.8 Å². The predicted molar refractivity (Wildman–Crippen MR) is 83.6 cm³/mol. The van der Waals surface area contributed by atoms with Crippen LogP contribution in [0.4, 0.5) is 0 Å². The molecule has 4 heteroatoms. The summed E-state index contributed by atoms with van der Waals surface area (Å²) >= 11 is 0. The van der Waals surface area contributed by atoms with Gasteiger partial charge in [-0.1, -0.05) is 12.1 Å². The van der Waals surface area contributed by atoms with Crippen molar-refractivity contribution in [2.45, 2.75) is 32.8 Å². The number of rotatable bonds is 3. The minimum Gasteiger partial charge on any atom is -0.377 e.